The standard InChI is InChI=1S/C13H17FO/c1-9(8-15)11-7-6-10-4-2-3-5-12(10)13(11)14/h6-7,9,15H,2-5,8H2,1H3. The fraction of sp³-hybridized carbons (Fsp3) is 0.538. The number of fused-ring (bicyclic) bond motifs is 1. The van der Waals surface area contributed by atoms with Gasteiger partial charge in [-0.05, 0) is 42.4 Å². The Morgan fingerprint density at radius 2 is 2.07 bits per heavy atom. The summed E-state index contributed by atoms with van der Waals surface area (Å²) in [5.41, 5.74) is 2.71. The molecule has 82 valence electrons. The molecular formula is C13H17FO. The fourth-order valence-corrected chi connectivity index (χ4v) is 2.28. The Labute approximate surface area is 89.9 Å². The molecule has 0 spiro atoms. The fourth-order valence-electron chi connectivity index (χ4n) is 2.28. The van der Waals surface area contributed by atoms with Crippen molar-refractivity contribution in [1.82, 2.24) is 0 Å². The first-order valence-electron chi connectivity index (χ1n) is 5.65. The molecule has 0 heterocycles. The Morgan fingerprint density at radius 1 is 1.33 bits per heavy atom. The van der Waals surface area contributed by atoms with Crippen molar-refractivity contribution in [3.05, 3.63) is 34.6 Å². The molecule has 1 aromatic carbocycles. The van der Waals surface area contributed by atoms with Crippen LogP contribution in [-0.2, 0) is 12.8 Å². The summed E-state index contributed by atoms with van der Waals surface area (Å²) in [6, 6.07) is 3.86. The molecule has 0 aromatic heterocycles. The van der Waals surface area contributed by atoms with Crippen LogP contribution in [0.15, 0.2) is 12.1 Å². The Bertz CT molecular complexity index is 360. The monoisotopic (exact) mass is 208 g/mol. The van der Waals surface area contributed by atoms with E-state index in [-0.39, 0.29) is 18.3 Å². The molecule has 1 N–H and O–H groups in total. The number of rotatable bonds is 2. The second-order valence-electron chi connectivity index (χ2n) is 4.40. The van der Waals surface area contributed by atoms with E-state index in [0.29, 0.717) is 5.56 Å². The van der Waals surface area contributed by atoms with E-state index in [9.17, 15) is 4.39 Å². The predicted molar refractivity (Wildman–Crippen MR) is 58.5 cm³/mol. The summed E-state index contributed by atoms with van der Waals surface area (Å²) in [7, 11) is 0. The van der Waals surface area contributed by atoms with Crippen LogP contribution in [0.3, 0.4) is 0 Å². The topological polar surface area (TPSA) is 20.2 Å². The quantitative estimate of drug-likeness (QED) is 0.792. The molecule has 0 saturated carbocycles. The second kappa shape index (κ2) is 4.31. The van der Waals surface area contributed by atoms with Gasteiger partial charge in [0.1, 0.15) is 5.82 Å². The Morgan fingerprint density at radius 3 is 2.80 bits per heavy atom. The molecule has 1 atom stereocenters. The third-order valence-corrected chi connectivity index (χ3v) is 3.30. The van der Waals surface area contributed by atoms with Gasteiger partial charge in [0.05, 0.1) is 0 Å². The third kappa shape index (κ3) is 1.91. The van der Waals surface area contributed by atoms with E-state index in [0.717, 1.165) is 30.4 Å². The van der Waals surface area contributed by atoms with Crippen LogP contribution in [0.4, 0.5) is 4.39 Å². The van der Waals surface area contributed by atoms with Gasteiger partial charge in [-0.2, -0.15) is 0 Å². The van der Waals surface area contributed by atoms with Crippen LogP contribution in [0, 0.1) is 5.82 Å². The number of halogens is 1. The first-order valence-corrected chi connectivity index (χ1v) is 5.65. The number of aryl methyl sites for hydroxylation is 1. The van der Waals surface area contributed by atoms with Crippen LogP contribution >= 0.6 is 0 Å². The number of hydrogen-bond donors (Lipinski definition) is 1. The highest BCUT2D eigenvalue weighted by Crippen LogP contribution is 2.29. The minimum Gasteiger partial charge on any atom is -0.396 e. The van der Waals surface area contributed by atoms with Crippen LogP contribution < -0.4 is 0 Å². The molecule has 1 aromatic rings. The van der Waals surface area contributed by atoms with Crippen molar-refractivity contribution >= 4 is 0 Å². The Hall–Kier alpha value is -0.890. The molecule has 1 unspecified atom stereocenters. The van der Waals surface area contributed by atoms with E-state index in [1.54, 1.807) is 0 Å². The van der Waals surface area contributed by atoms with Gasteiger partial charge in [-0.15, -0.1) is 0 Å². The maximum Gasteiger partial charge on any atom is 0.130 e. The van der Waals surface area contributed by atoms with Crippen LogP contribution in [0.5, 0.6) is 0 Å². The summed E-state index contributed by atoms with van der Waals surface area (Å²) in [6.07, 6.45) is 4.11. The average Bonchev–Trinajstić information content (AvgIpc) is 2.29. The number of aliphatic hydroxyl groups is 1. The van der Waals surface area contributed by atoms with E-state index in [1.165, 1.54) is 6.42 Å². The van der Waals surface area contributed by atoms with Crippen molar-refractivity contribution < 1.29 is 9.50 Å². The SMILES string of the molecule is CC(CO)c1ccc2c(c1F)CCCC2. The van der Waals surface area contributed by atoms with Crippen molar-refractivity contribution in [1.29, 1.82) is 0 Å². The van der Waals surface area contributed by atoms with Crippen LogP contribution in [0.2, 0.25) is 0 Å². The van der Waals surface area contributed by atoms with Crippen molar-refractivity contribution in [3.63, 3.8) is 0 Å². The number of hydrogen-bond acceptors (Lipinski definition) is 1. The highest BCUT2D eigenvalue weighted by molar-refractivity contribution is 5.37. The minimum absolute atomic E-state index is 0.00963. The van der Waals surface area contributed by atoms with E-state index in [4.69, 9.17) is 5.11 Å². The zero-order chi connectivity index (χ0) is 10.8. The van der Waals surface area contributed by atoms with Gasteiger partial charge in [0.25, 0.3) is 0 Å². The van der Waals surface area contributed by atoms with Crippen molar-refractivity contribution in [3.8, 4) is 0 Å². The summed E-state index contributed by atoms with van der Waals surface area (Å²) in [5, 5.41) is 9.05. The van der Waals surface area contributed by atoms with Gasteiger partial charge in [-0.3, -0.25) is 0 Å². The first-order chi connectivity index (χ1) is 7.24. The lowest BCUT2D eigenvalue weighted by Gasteiger charge is -2.20. The highest BCUT2D eigenvalue weighted by Gasteiger charge is 2.18. The summed E-state index contributed by atoms with van der Waals surface area (Å²) >= 11 is 0. The molecule has 0 bridgehead atoms. The van der Waals surface area contributed by atoms with Gasteiger partial charge in [0.15, 0.2) is 0 Å². The molecule has 1 aliphatic carbocycles. The molecule has 15 heavy (non-hydrogen) atoms. The van der Waals surface area contributed by atoms with Gasteiger partial charge in [-0.25, -0.2) is 4.39 Å². The lowest BCUT2D eigenvalue weighted by molar-refractivity contribution is 0.270. The van der Waals surface area contributed by atoms with Gasteiger partial charge in [-0.1, -0.05) is 19.1 Å². The summed E-state index contributed by atoms with van der Waals surface area (Å²) in [6.45, 7) is 1.86. The average molecular weight is 208 g/mol. The Balaban J connectivity index is 2.43. The zero-order valence-corrected chi connectivity index (χ0v) is 9.09. The highest BCUT2D eigenvalue weighted by atomic mass is 19.1. The molecule has 2 heteroatoms. The largest absolute Gasteiger partial charge is 0.396 e. The van der Waals surface area contributed by atoms with Gasteiger partial charge in [0.2, 0.25) is 0 Å². The maximum absolute atomic E-state index is 14.1. The Kier molecular flexibility index (Phi) is 3.06. The lowest BCUT2D eigenvalue weighted by atomic mass is 9.87. The van der Waals surface area contributed by atoms with Crippen LogP contribution in [0.25, 0.3) is 0 Å². The molecule has 0 fully saturated rings. The molecule has 1 nitrogen and oxygen atoms in total. The normalized spacial score (nSPS) is 17.3. The second-order valence-corrected chi connectivity index (χ2v) is 4.40. The maximum atomic E-state index is 14.1. The molecule has 0 saturated heterocycles. The molecule has 1 aliphatic rings. The molecule has 2 rings (SSSR count). The first kappa shape index (κ1) is 10.6. The summed E-state index contributed by atoms with van der Waals surface area (Å²) < 4.78 is 14.1. The van der Waals surface area contributed by atoms with E-state index in [2.05, 4.69) is 0 Å². The van der Waals surface area contributed by atoms with Gasteiger partial charge >= 0.3 is 0 Å². The van der Waals surface area contributed by atoms with Gasteiger partial charge in [0, 0.05) is 12.5 Å². The van der Waals surface area contributed by atoms with E-state index < -0.39 is 0 Å². The molecular weight excluding hydrogens is 191 g/mol. The minimum atomic E-state index is -0.0998. The van der Waals surface area contributed by atoms with Crippen molar-refractivity contribution in [2.45, 2.75) is 38.5 Å². The van der Waals surface area contributed by atoms with Crippen molar-refractivity contribution in [2.75, 3.05) is 6.61 Å². The predicted octanol–water partition coefficient (Wildman–Crippen LogP) is 2.80. The van der Waals surface area contributed by atoms with Crippen LogP contribution in [0.1, 0.15) is 42.4 Å². The smallest absolute Gasteiger partial charge is 0.130 e. The summed E-state index contributed by atoms with van der Waals surface area (Å²) in [5.74, 6) is -0.175. The third-order valence-electron chi connectivity index (χ3n) is 3.30. The molecule has 0 amide bonds. The van der Waals surface area contributed by atoms with E-state index >= 15 is 0 Å². The number of aliphatic hydroxyl groups excluding tert-OH is 1. The lowest BCUT2D eigenvalue weighted by Crippen LogP contribution is -2.10. The van der Waals surface area contributed by atoms with Gasteiger partial charge < -0.3 is 5.11 Å². The van der Waals surface area contributed by atoms with Crippen LogP contribution in [-0.4, -0.2) is 11.7 Å². The number of benzene rings is 1. The van der Waals surface area contributed by atoms with Crippen molar-refractivity contribution in [2.24, 2.45) is 0 Å². The molecule has 0 radical (unpaired) electrons. The molecule has 0 aliphatic heterocycles. The summed E-state index contributed by atoms with van der Waals surface area (Å²) in [4.78, 5) is 0. The van der Waals surface area contributed by atoms with E-state index in [1.807, 2.05) is 19.1 Å². The zero-order valence-electron chi connectivity index (χ0n) is 9.09.